The number of nitrogens with zero attached hydrogens (tertiary/aromatic N) is 1. The third kappa shape index (κ3) is 4.35. The maximum absolute atomic E-state index is 11.3. The van der Waals surface area contributed by atoms with Gasteiger partial charge in [-0.1, -0.05) is 35.5 Å². The van der Waals surface area contributed by atoms with Crippen molar-refractivity contribution < 1.29 is 19.8 Å². The fraction of sp³-hybridized carbons (Fsp3) is 0.125. The van der Waals surface area contributed by atoms with Crippen LogP contribution in [0.2, 0.25) is 0 Å². The second-order valence-corrected chi connectivity index (χ2v) is 4.45. The SMILES string of the molecule is O=C(O)[C@H](Cc1ccccc1)Oc1ccc(/C=N/O)cc1. The quantitative estimate of drug-likeness (QED) is 0.485. The van der Waals surface area contributed by atoms with E-state index in [1.807, 2.05) is 30.3 Å². The molecule has 0 saturated heterocycles. The lowest BCUT2D eigenvalue weighted by atomic mass is 10.1. The van der Waals surface area contributed by atoms with Crippen LogP contribution in [0.4, 0.5) is 0 Å². The highest BCUT2D eigenvalue weighted by atomic mass is 16.5. The first-order chi connectivity index (χ1) is 10.2. The molecule has 0 spiro atoms. The Kier molecular flexibility index (Phi) is 4.93. The Hall–Kier alpha value is -2.82. The van der Waals surface area contributed by atoms with Crippen LogP contribution in [0.1, 0.15) is 11.1 Å². The average Bonchev–Trinajstić information content (AvgIpc) is 2.50. The smallest absolute Gasteiger partial charge is 0.345 e. The Morgan fingerprint density at radius 2 is 1.81 bits per heavy atom. The molecule has 0 bridgehead atoms. The first-order valence-electron chi connectivity index (χ1n) is 6.40. The number of carboxylic acid groups (broad SMARTS) is 1. The topological polar surface area (TPSA) is 79.1 Å². The Morgan fingerprint density at radius 3 is 2.38 bits per heavy atom. The summed E-state index contributed by atoms with van der Waals surface area (Å²) in [4.78, 5) is 11.3. The molecule has 21 heavy (non-hydrogen) atoms. The number of carbonyl (C=O) groups is 1. The largest absolute Gasteiger partial charge is 0.478 e. The standard InChI is InChI=1S/C16H15NO4/c18-16(19)15(10-12-4-2-1-3-5-12)21-14-8-6-13(7-9-14)11-17-20/h1-9,11,15,20H,10H2,(H,18,19)/b17-11+/t15-/m0/s1. The van der Waals surface area contributed by atoms with Crippen molar-refractivity contribution in [2.24, 2.45) is 5.16 Å². The van der Waals surface area contributed by atoms with Crippen molar-refractivity contribution in [2.75, 3.05) is 0 Å². The van der Waals surface area contributed by atoms with Crippen molar-refractivity contribution in [2.45, 2.75) is 12.5 Å². The zero-order valence-corrected chi connectivity index (χ0v) is 11.2. The van der Waals surface area contributed by atoms with E-state index in [0.29, 0.717) is 11.3 Å². The molecule has 2 aromatic rings. The van der Waals surface area contributed by atoms with E-state index in [9.17, 15) is 9.90 Å². The molecule has 2 aromatic carbocycles. The predicted octanol–water partition coefficient (Wildman–Crippen LogP) is 2.57. The molecule has 0 aromatic heterocycles. The van der Waals surface area contributed by atoms with E-state index in [1.54, 1.807) is 24.3 Å². The fourth-order valence-electron chi connectivity index (χ4n) is 1.87. The van der Waals surface area contributed by atoms with Crippen LogP contribution in [-0.4, -0.2) is 28.6 Å². The van der Waals surface area contributed by atoms with Crippen molar-refractivity contribution in [1.29, 1.82) is 0 Å². The van der Waals surface area contributed by atoms with Crippen molar-refractivity contribution in [1.82, 2.24) is 0 Å². The van der Waals surface area contributed by atoms with Crippen LogP contribution < -0.4 is 4.74 Å². The van der Waals surface area contributed by atoms with E-state index in [0.717, 1.165) is 5.56 Å². The van der Waals surface area contributed by atoms with E-state index in [4.69, 9.17) is 9.94 Å². The summed E-state index contributed by atoms with van der Waals surface area (Å²) in [5, 5.41) is 20.6. The van der Waals surface area contributed by atoms with Crippen molar-refractivity contribution >= 4 is 12.2 Å². The van der Waals surface area contributed by atoms with Gasteiger partial charge in [-0.25, -0.2) is 4.79 Å². The molecule has 0 aliphatic rings. The van der Waals surface area contributed by atoms with E-state index >= 15 is 0 Å². The average molecular weight is 285 g/mol. The van der Waals surface area contributed by atoms with Crippen molar-refractivity contribution in [3.63, 3.8) is 0 Å². The molecule has 0 unspecified atom stereocenters. The van der Waals surface area contributed by atoms with Gasteiger partial charge in [0.25, 0.3) is 0 Å². The summed E-state index contributed by atoms with van der Waals surface area (Å²) in [6.45, 7) is 0. The van der Waals surface area contributed by atoms with Gasteiger partial charge in [0.2, 0.25) is 0 Å². The number of hydrogen-bond donors (Lipinski definition) is 2. The molecule has 2 N–H and O–H groups in total. The molecule has 5 nitrogen and oxygen atoms in total. The second-order valence-electron chi connectivity index (χ2n) is 4.45. The minimum Gasteiger partial charge on any atom is -0.478 e. The number of rotatable bonds is 6. The van der Waals surface area contributed by atoms with Gasteiger partial charge in [-0.05, 0) is 35.4 Å². The monoisotopic (exact) mass is 285 g/mol. The van der Waals surface area contributed by atoms with Crippen LogP contribution in [0.5, 0.6) is 5.75 Å². The number of aliphatic carboxylic acids is 1. The first kappa shape index (κ1) is 14.6. The molecule has 2 rings (SSSR count). The Bertz CT molecular complexity index is 608. The third-order valence-electron chi connectivity index (χ3n) is 2.90. The summed E-state index contributed by atoms with van der Waals surface area (Å²) in [5.41, 5.74) is 1.59. The van der Waals surface area contributed by atoms with Gasteiger partial charge < -0.3 is 15.1 Å². The summed E-state index contributed by atoms with van der Waals surface area (Å²) in [7, 11) is 0. The molecule has 5 heteroatoms. The summed E-state index contributed by atoms with van der Waals surface area (Å²) in [5.74, 6) is -0.562. The summed E-state index contributed by atoms with van der Waals surface area (Å²) in [6.07, 6.45) is 0.614. The van der Waals surface area contributed by atoms with Crippen LogP contribution in [-0.2, 0) is 11.2 Å². The predicted molar refractivity (Wildman–Crippen MR) is 78.0 cm³/mol. The second kappa shape index (κ2) is 7.09. The summed E-state index contributed by atoms with van der Waals surface area (Å²) < 4.78 is 5.51. The molecular formula is C16H15NO4. The normalized spacial score (nSPS) is 12.2. The van der Waals surface area contributed by atoms with E-state index in [2.05, 4.69) is 5.16 Å². The fourth-order valence-corrected chi connectivity index (χ4v) is 1.87. The highest BCUT2D eigenvalue weighted by Crippen LogP contribution is 2.15. The van der Waals surface area contributed by atoms with Crippen LogP contribution in [0.25, 0.3) is 0 Å². The third-order valence-corrected chi connectivity index (χ3v) is 2.90. The van der Waals surface area contributed by atoms with Crippen molar-refractivity contribution in [3.8, 4) is 5.75 Å². The molecule has 0 heterocycles. The van der Waals surface area contributed by atoms with Gasteiger partial charge in [0.05, 0.1) is 6.21 Å². The first-order valence-corrected chi connectivity index (χ1v) is 6.40. The van der Waals surface area contributed by atoms with E-state index in [-0.39, 0.29) is 6.42 Å². The number of ether oxygens (including phenoxy) is 1. The van der Waals surface area contributed by atoms with Crippen LogP contribution in [0.3, 0.4) is 0 Å². The van der Waals surface area contributed by atoms with Gasteiger partial charge >= 0.3 is 5.97 Å². The molecule has 0 aliphatic carbocycles. The van der Waals surface area contributed by atoms with Crippen LogP contribution in [0.15, 0.2) is 59.8 Å². The molecule has 0 aliphatic heterocycles. The van der Waals surface area contributed by atoms with Gasteiger partial charge in [0.15, 0.2) is 6.10 Å². The van der Waals surface area contributed by atoms with Gasteiger partial charge in [0.1, 0.15) is 5.75 Å². The molecule has 108 valence electrons. The van der Waals surface area contributed by atoms with Gasteiger partial charge in [-0.2, -0.15) is 0 Å². The van der Waals surface area contributed by atoms with Crippen LogP contribution >= 0.6 is 0 Å². The number of carboxylic acids is 1. The Morgan fingerprint density at radius 1 is 1.14 bits per heavy atom. The number of oxime groups is 1. The highest BCUT2D eigenvalue weighted by Gasteiger charge is 2.19. The maximum Gasteiger partial charge on any atom is 0.345 e. The lowest BCUT2D eigenvalue weighted by Gasteiger charge is -2.15. The summed E-state index contributed by atoms with van der Waals surface area (Å²) in [6, 6.07) is 15.9. The van der Waals surface area contributed by atoms with Gasteiger partial charge in [0, 0.05) is 6.42 Å². The van der Waals surface area contributed by atoms with Crippen molar-refractivity contribution in [3.05, 3.63) is 65.7 Å². The molecule has 0 amide bonds. The Labute approximate surface area is 122 Å². The number of hydrogen-bond acceptors (Lipinski definition) is 4. The maximum atomic E-state index is 11.3. The number of benzene rings is 2. The summed E-state index contributed by atoms with van der Waals surface area (Å²) >= 11 is 0. The van der Waals surface area contributed by atoms with Gasteiger partial charge in [-0.15, -0.1) is 0 Å². The lowest BCUT2D eigenvalue weighted by Crippen LogP contribution is -2.29. The molecule has 0 saturated carbocycles. The highest BCUT2D eigenvalue weighted by molar-refractivity contribution is 5.79. The minimum absolute atomic E-state index is 0.288. The zero-order valence-electron chi connectivity index (χ0n) is 11.2. The van der Waals surface area contributed by atoms with E-state index in [1.165, 1.54) is 6.21 Å². The Balaban J connectivity index is 2.07. The molecule has 0 fully saturated rings. The van der Waals surface area contributed by atoms with E-state index < -0.39 is 12.1 Å². The zero-order chi connectivity index (χ0) is 15.1. The van der Waals surface area contributed by atoms with Crippen LogP contribution in [0, 0.1) is 0 Å². The molecular weight excluding hydrogens is 270 g/mol. The molecule has 1 atom stereocenters. The minimum atomic E-state index is -1.01. The lowest BCUT2D eigenvalue weighted by molar-refractivity contribution is -0.145. The molecule has 0 radical (unpaired) electrons. The van der Waals surface area contributed by atoms with Gasteiger partial charge in [-0.3, -0.25) is 0 Å².